The first-order valence-corrected chi connectivity index (χ1v) is 8.82. The van der Waals surface area contributed by atoms with E-state index >= 15 is 0 Å². The zero-order valence-electron chi connectivity index (χ0n) is 14.1. The monoisotopic (exact) mass is 343 g/mol. The van der Waals surface area contributed by atoms with Gasteiger partial charge in [0, 0.05) is 12.8 Å². The first-order chi connectivity index (χ1) is 11.5. The van der Waals surface area contributed by atoms with E-state index in [0.717, 1.165) is 29.3 Å². The second kappa shape index (κ2) is 7.13. The molecule has 1 atom stereocenters. The van der Waals surface area contributed by atoms with Crippen LogP contribution in [0.25, 0.3) is 0 Å². The number of nitrogens with zero attached hydrogens (tertiary/aromatic N) is 2. The van der Waals surface area contributed by atoms with Crippen LogP contribution in [-0.4, -0.2) is 29.3 Å². The number of oxime groups is 1. The van der Waals surface area contributed by atoms with Crippen molar-refractivity contribution in [1.29, 1.82) is 0 Å². The van der Waals surface area contributed by atoms with E-state index in [1.54, 1.807) is 0 Å². The highest BCUT2D eigenvalue weighted by molar-refractivity contribution is 7.13. The minimum atomic E-state index is -0.0945. The fourth-order valence-corrected chi connectivity index (χ4v) is 3.64. The molecule has 6 heteroatoms. The summed E-state index contributed by atoms with van der Waals surface area (Å²) in [6.07, 6.45) is 1.62. The standard InChI is InChI=1S/C18H21N3O2S/c1-11-5-4-6-14(7-11)8-16-9-15(21-23-16)10-19-18(22)17-12(2)20-13(3)24-17/h4-7,16H,8-10H2,1-3H3,(H,19,22). The van der Waals surface area contributed by atoms with Crippen molar-refractivity contribution in [2.24, 2.45) is 5.16 Å². The predicted octanol–water partition coefficient (Wildman–Crippen LogP) is 3.19. The molecule has 0 aliphatic carbocycles. The second-order valence-electron chi connectivity index (χ2n) is 6.11. The Balaban J connectivity index is 1.49. The Kier molecular flexibility index (Phi) is 4.94. The Morgan fingerprint density at radius 1 is 1.38 bits per heavy atom. The molecule has 0 fully saturated rings. The molecule has 0 saturated carbocycles. The highest BCUT2D eigenvalue weighted by Gasteiger charge is 2.22. The SMILES string of the molecule is Cc1cccc(CC2CC(CNC(=O)c3sc(C)nc3C)=NO2)c1. The van der Waals surface area contributed by atoms with Gasteiger partial charge in [-0.05, 0) is 26.3 Å². The van der Waals surface area contributed by atoms with Crippen LogP contribution in [0.5, 0.6) is 0 Å². The highest BCUT2D eigenvalue weighted by Crippen LogP contribution is 2.18. The number of benzene rings is 1. The molecule has 1 aromatic heterocycles. The predicted molar refractivity (Wildman–Crippen MR) is 95.7 cm³/mol. The summed E-state index contributed by atoms with van der Waals surface area (Å²) in [5, 5.41) is 7.93. The molecule has 0 spiro atoms. The molecule has 3 rings (SSSR count). The van der Waals surface area contributed by atoms with E-state index in [1.165, 1.54) is 22.5 Å². The average molecular weight is 343 g/mol. The number of carbonyl (C=O) groups is 1. The van der Waals surface area contributed by atoms with Crippen LogP contribution in [0.3, 0.4) is 0 Å². The van der Waals surface area contributed by atoms with Crippen molar-refractivity contribution in [3.8, 4) is 0 Å². The molecule has 2 heterocycles. The van der Waals surface area contributed by atoms with Gasteiger partial charge in [0.15, 0.2) is 0 Å². The first-order valence-electron chi connectivity index (χ1n) is 8.00. The van der Waals surface area contributed by atoms with E-state index in [4.69, 9.17) is 4.84 Å². The maximum atomic E-state index is 12.2. The number of hydrogen-bond acceptors (Lipinski definition) is 5. The molecule has 5 nitrogen and oxygen atoms in total. The fourth-order valence-electron chi connectivity index (χ4n) is 2.81. The van der Waals surface area contributed by atoms with Gasteiger partial charge in [0.1, 0.15) is 11.0 Å². The molecule has 2 aromatic rings. The molecule has 126 valence electrons. The maximum Gasteiger partial charge on any atom is 0.263 e. The summed E-state index contributed by atoms with van der Waals surface area (Å²) in [6.45, 7) is 6.25. The summed E-state index contributed by atoms with van der Waals surface area (Å²) in [6, 6.07) is 8.41. The molecular formula is C18H21N3O2S. The molecule has 1 N–H and O–H groups in total. The van der Waals surface area contributed by atoms with Crippen LogP contribution in [0, 0.1) is 20.8 Å². The van der Waals surface area contributed by atoms with Crippen molar-refractivity contribution in [3.05, 3.63) is 51.0 Å². The minimum Gasteiger partial charge on any atom is -0.392 e. The number of thiazole rings is 1. The summed E-state index contributed by atoms with van der Waals surface area (Å²) in [7, 11) is 0. The van der Waals surface area contributed by atoms with Gasteiger partial charge in [0.2, 0.25) is 0 Å². The van der Waals surface area contributed by atoms with E-state index in [-0.39, 0.29) is 12.0 Å². The number of hydrogen-bond donors (Lipinski definition) is 1. The molecule has 1 aliphatic heterocycles. The van der Waals surface area contributed by atoms with Crippen molar-refractivity contribution in [2.45, 2.75) is 39.7 Å². The third-order valence-electron chi connectivity index (χ3n) is 3.90. The number of carbonyl (C=O) groups excluding carboxylic acids is 1. The fraction of sp³-hybridized carbons (Fsp3) is 0.389. The highest BCUT2D eigenvalue weighted by atomic mass is 32.1. The number of amides is 1. The second-order valence-corrected chi connectivity index (χ2v) is 7.32. The van der Waals surface area contributed by atoms with E-state index in [9.17, 15) is 4.79 Å². The van der Waals surface area contributed by atoms with Crippen LogP contribution < -0.4 is 5.32 Å². The zero-order valence-corrected chi connectivity index (χ0v) is 14.9. The summed E-state index contributed by atoms with van der Waals surface area (Å²) >= 11 is 1.41. The summed E-state index contributed by atoms with van der Waals surface area (Å²) in [5.74, 6) is -0.0945. The Bertz CT molecular complexity index is 782. The van der Waals surface area contributed by atoms with Gasteiger partial charge in [-0.3, -0.25) is 4.79 Å². The van der Waals surface area contributed by atoms with Crippen LogP contribution in [0.2, 0.25) is 0 Å². The van der Waals surface area contributed by atoms with Gasteiger partial charge in [-0.25, -0.2) is 4.98 Å². The minimum absolute atomic E-state index is 0.0473. The number of rotatable bonds is 5. The molecule has 24 heavy (non-hydrogen) atoms. The lowest BCUT2D eigenvalue weighted by atomic mass is 10.0. The summed E-state index contributed by atoms with van der Waals surface area (Å²) < 4.78 is 0. The lowest BCUT2D eigenvalue weighted by molar-refractivity contribution is 0.0859. The number of nitrogens with one attached hydrogen (secondary N) is 1. The Morgan fingerprint density at radius 3 is 2.92 bits per heavy atom. The largest absolute Gasteiger partial charge is 0.392 e. The molecule has 0 radical (unpaired) electrons. The molecule has 0 bridgehead atoms. The maximum absolute atomic E-state index is 12.2. The van der Waals surface area contributed by atoms with Gasteiger partial charge in [-0.2, -0.15) is 0 Å². The lowest BCUT2D eigenvalue weighted by Gasteiger charge is -2.08. The van der Waals surface area contributed by atoms with Crippen molar-refractivity contribution >= 4 is 23.0 Å². The van der Waals surface area contributed by atoms with Gasteiger partial charge in [-0.1, -0.05) is 35.0 Å². The van der Waals surface area contributed by atoms with E-state index in [2.05, 4.69) is 46.6 Å². The Labute approximate surface area is 145 Å². The summed E-state index contributed by atoms with van der Waals surface area (Å²) in [5.41, 5.74) is 4.14. The van der Waals surface area contributed by atoms with Gasteiger partial charge in [-0.15, -0.1) is 11.3 Å². The zero-order chi connectivity index (χ0) is 17.1. The van der Waals surface area contributed by atoms with Gasteiger partial charge in [0.05, 0.1) is 23.0 Å². The van der Waals surface area contributed by atoms with Crippen LogP contribution in [0.15, 0.2) is 29.4 Å². The van der Waals surface area contributed by atoms with Crippen molar-refractivity contribution in [1.82, 2.24) is 10.3 Å². The molecule has 0 saturated heterocycles. The third kappa shape index (κ3) is 4.00. The third-order valence-corrected chi connectivity index (χ3v) is 4.97. The van der Waals surface area contributed by atoms with Crippen molar-refractivity contribution in [3.63, 3.8) is 0 Å². The topological polar surface area (TPSA) is 63.6 Å². The lowest BCUT2D eigenvalue weighted by Crippen LogP contribution is -2.29. The van der Waals surface area contributed by atoms with E-state index in [1.807, 2.05) is 13.8 Å². The molecule has 1 amide bonds. The average Bonchev–Trinajstić information content (AvgIpc) is 3.11. The number of aryl methyl sites for hydroxylation is 3. The van der Waals surface area contributed by atoms with Crippen molar-refractivity contribution < 1.29 is 9.63 Å². The van der Waals surface area contributed by atoms with Crippen molar-refractivity contribution in [2.75, 3.05) is 6.54 Å². The number of aromatic nitrogens is 1. The van der Waals surface area contributed by atoms with E-state index in [0.29, 0.717) is 11.4 Å². The normalized spacial score (nSPS) is 16.6. The van der Waals surface area contributed by atoms with Crippen LogP contribution in [0.1, 0.15) is 37.9 Å². The Morgan fingerprint density at radius 2 is 2.21 bits per heavy atom. The molecule has 1 aliphatic rings. The van der Waals surface area contributed by atoms with Gasteiger partial charge in [0.25, 0.3) is 5.91 Å². The van der Waals surface area contributed by atoms with Crippen LogP contribution >= 0.6 is 11.3 Å². The Hall–Kier alpha value is -2.21. The van der Waals surface area contributed by atoms with Crippen LogP contribution in [0.4, 0.5) is 0 Å². The van der Waals surface area contributed by atoms with Gasteiger partial charge < -0.3 is 10.2 Å². The quantitative estimate of drug-likeness (QED) is 0.907. The van der Waals surface area contributed by atoms with E-state index < -0.39 is 0 Å². The summed E-state index contributed by atoms with van der Waals surface area (Å²) in [4.78, 5) is 22.7. The smallest absolute Gasteiger partial charge is 0.263 e. The van der Waals surface area contributed by atoms with Crippen LogP contribution in [-0.2, 0) is 11.3 Å². The molecular weight excluding hydrogens is 322 g/mol. The molecule has 1 aromatic carbocycles. The van der Waals surface area contributed by atoms with Gasteiger partial charge >= 0.3 is 0 Å². The molecule has 1 unspecified atom stereocenters. The first kappa shape index (κ1) is 16.6.